The summed E-state index contributed by atoms with van der Waals surface area (Å²) in [4.78, 5) is 28.7. The number of imidazole rings is 1. The van der Waals surface area contributed by atoms with E-state index in [1.165, 1.54) is 24.3 Å². The van der Waals surface area contributed by atoms with Crippen LogP contribution in [0.25, 0.3) is 0 Å². The minimum absolute atomic E-state index is 0.260. The smallest absolute Gasteiger partial charge is 0.326 e. The Hall–Kier alpha value is -1.50. The molecule has 1 unspecified atom stereocenters. The molecule has 0 saturated heterocycles. The summed E-state index contributed by atoms with van der Waals surface area (Å²) in [5.74, 6) is -0.798. The SMILES string of the molecule is CSCCC(NC(=O)c1cnc[nH]1)C(=O)O. The first-order valence-corrected chi connectivity index (χ1v) is 6.05. The summed E-state index contributed by atoms with van der Waals surface area (Å²) in [6.45, 7) is 0. The van der Waals surface area contributed by atoms with Gasteiger partial charge in [0, 0.05) is 0 Å². The Morgan fingerprint density at radius 2 is 2.44 bits per heavy atom. The molecule has 0 aromatic carbocycles. The van der Waals surface area contributed by atoms with Crippen molar-refractivity contribution in [2.45, 2.75) is 12.5 Å². The van der Waals surface area contributed by atoms with Gasteiger partial charge in [0.2, 0.25) is 0 Å². The van der Waals surface area contributed by atoms with Crippen molar-refractivity contribution in [3.63, 3.8) is 0 Å². The first-order chi connectivity index (χ1) is 7.65. The number of aromatic nitrogens is 2. The Morgan fingerprint density at radius 3 is 2.94 bits per heavy atom. The molecule has 0 aliphatic rings. The fourth-order valence-electron chi connectivity index (χ4n) is 1.11. The molecule has 7 heteroatoms. The quantitative estimate of drug-likeness (QED) is 0.670. The third-order valence-electron chi connectivity index (χ3n) is 1.96. The molecule has 0 fully saturated rings. The van der Waals surface area contributed by atoms with Gasteiger partial charge in [-0.15, -0.1) is 0 Å². The molecule has 88 valence electrons. The van der Waals surface area contributed by atoms with E-state index in [0.717, 1.165) is 0 Å². The standard InChI is InChI=1S/C9H13N3O3S/c1-16-3-2-6(9(14)15)12-8(13)7-4-10-5-11-7/h4-6H,2-3H2,1H3,(H,10,11)(H,12,13)(H,14,15). The van der Waals surface area contributed by atoms with Crippen molar-refractivity contribution < 1.29 is 14.7 Å². The molecular formula is C9H13N3O3S. The number of hydrogen-bond acceptors (Lipinski definition) is 4. The zero-order chi connectivity index (χ0) is 12.0. The van der Waals surface area contributed by atoms with Crippen molar-refractivity contribution in [1.82, 2.24) is 15.3 Å². The van der Waals surface area contributed by atoms with Gasteiger partial charge in [-0.2, -0.15) is 11.8 Å². The molecule has 1 heterocycles. The number of thioether (sulfide) groups is 1. The molecule has 0 bridgehead atoms. The number of rotatable bonds is 6. The Labute approximate surface area is 96.8 Å². The van der Waals surface area contributed by atoms with E-state index in [1.807, 2.05) is 6.26 Å². The van der Waals surface area contributed by atoms with Crippen LogP contribution in [0, 0.1) is 0 Å². The molecule has 0 saturated carbocycles. The summed E-state index contributed by atoms with van der Waals surface area (Å²) in [6, 6.07) is -0.858. The number of amides is 1. The Kier molecular flexibility index (Phi) is 4.84. The van der Waals surface area contributed by atoms with Gasteiger partial charge < -0.3 is 15.4 Å². The topological polar surface area (TPSA) is 95.1 Å². The van der Waals surface area contributed by atoms with Gasteiger partial charge in [-0.25, -0.2) is 9.78 Å². The highest BCUT2D eigenvalue weighted by molar-refractivity contribution is 7.98. The number of H-pyrrole nitrogens is 1. The minimum atomic E-state index is -1.03. The summed E-state index contributed by atoms with van der Waals surface area (Å²) in [6.07, 6.45) is 5.00. The van der Waals surface area contributed by atoms with Crippen LogP contribution in [0.1, 0.15) is 16.9 Å². The van der Waals surface area contributed by atoms with Crippen LogP contribution in [0.4, 0.5) is 0 Å². The van der Waals surface area contributed by atoms with Gasteiger partial charge >= 0.3 is 5.97 Å². The number of carbonyl (C=O) groups excluding carboxylic acids is 1. The number of hydrogen-bond donors (Lipinski definition) is 3. The second-order valence-electron chi connectivity index (χ2n) is 3.11. The maximum atomic E-state index is 11.5. The Bertz CT molecular complexity index is 353. The van der Waals surface area contributed by atoms with Crippen LogP contribution in [0.3, 0.4) is 0 Å². The average Bonchev–Trinajstić information content (AvgIpc) is 2.76. The van der Waals surface area contributed by atoms with E-state index in [-0.39, 0.29) is 5.69 Å². The van der Waals surface area contributed by atoms with Crippen molar-refractivity contribution in [3.8, 4) is 0 Å². The molecule has 0 aliphatic carbocycles. The van der Waals surface area contributed by atoms with E-state index in [4.69, 9.17) is 5.11 Å². The van der Waals surface area contributed by atoms with E-state index in [2.05, 4.69) is 15.3 Å². The van der Waals surface area contributed by atoms with Crippen molar-refractivity contribution in [2.24, 2.45) is 0 Å². The number of nitrogens with one attached hydrogen (secondary N) is 2. The number of nitrogens with zero attached hydrogens (tertiary/aromatic N) is 1. The van der Waals surface area contributed by atoms with Crippen LogP contribution in [0.15, 0.2) is 12.5 Å². The third-order valence-corrected chi connectivity index (χ3v) is 2.60. The van der Waals surface area contributed by atoms with E-state index < -0.39 is 17.9 Å². The molecule has 0 spiro atoms. The van der Waals surface area contributed by atoms with E-state index in [0.29, 0.717) is 12.2 Å². The molecule has 0 aliphatic heterocycles. The predicted octanol–water partition coefficient (Wildman–Crippen LogP) is 0.346. The second kappa shape index (κ2) is 6.16. The summed E-state index contributed by atoms with van der Waals surface area (Å²) in [5, 5.41) is 11.3. The lowest BCUT2D eigenvalue weighted by Crippen LogP contribution is -2.41. The van der Waals surface area contributed by atoms with Crippen molar-refractivity contribution in [1.29, 1.82) is 0 Å². The largest absolute Gasteiger partial charge is 0.480 e. The van der Waals surface area contributed by atoms with Crippen LogP contribution < -0.4 is 5.32 Å². The van der Waals surface area contributed by atoms with Crippen molar-refractivity contribution in [3.05, 3.63) is 18.2 Å². The molecule has 1 amide bonds. The maximum Gasteiger partial charge on any atom is 0.326 e. The molecule has 0 radical (unpaired) electrons. The fourth-order valence-corrected chi connectivity index (χ4v) is 1.58. The highest BCUT2D eigenvalue weighted by atomic mass is 32.2. The van der Waals surface area contributed by atoms with Gasteiger partial charge in [0.15, 0.2) is 0 Å². The molecular weight excluding hydrogens is 230 g/mol. The molecule has 16 heavy (non-hydrogen) atoms. The molecule has 6 nitrogen and oxygen atoms in total. The van der Waals surface area contributed by atoms with Crippen LogP contribution >= 0.6 is 11.8 Å². The van der Waals surface area contributed by atoms with E-state index in [9.17, 15) is 9.59 Å². The number of carbonyl (C=O) groups is 2. The van der Waals surface area contributed by atoms with Gasteiger partial charge in [0.25, 0.3) is 5.91 Å². The lowest BCUT2D eigenvalue weighted by molar-refractivity contribution is -0.139. The van der Waals surface area contributed by atoms with Crippen LogP contribution in [0.5, 0.6) is 0 Å². The number of aliphatic carboxylic acids is 1. The van der Waals surface area contributed by atoms with Gasteiger partial charge in [-0.05, 0) is 18.4 Å². The van der Waals surface area contributed by atoms with Crippen LogP contribution in [0.2, 0.25) is 0 Å². The molecule has 1 aromatic rings. The van der Waals surface area contributed by atoms with Gasteiger partial charge in [0.05, 0.1) is 12.5 Å². The predicted molar refractivity (Wildman–Crippen MR) is 60.5 cm³/mol. The Morgan fingerprint density at radius 1 is 1.69 bits per heavy atom. The van der Waals surface area contributed by atoms with Crippen molar-refractivity contribution in [2.75, 3.05) is 12.0 Å². The van der Waals surface area contributed by atoms with Crippen LogP contribution in [-0.2, 0) is 4.79 Å². The normalized spacial score (nSPS) is 12.1. The first-order valence-electron chi connectivity index (χ1n) is 4.66. The summed E-state index contributed by atoms with van der Waals surface area (Å²) in [5.41, 5.74) is 0.260. The van der Waals surface area contributed by atoms with E-state index >= 15 is 0 Å². The van der Waals surface area contributed by atoms with Gasteiger partial charge in [0.1, 0.15) is 11.7 Å². The maximum absolute atomic E-state index is 11.5. The lowest BCUT2D eigenvalue weighted by Gasteiger charge is -2.12. The second-order valence-corrected chi connectivity index (χ2v) is 4.10. The number of aromatic amines is 1. The molecule has 1 rings (SSSR count). The summed E-state index contributed by atoms with van der Waals surface area (Å²) >= 11 is 1.54. The molecule has 1 aromatic heterocycles. The average molecular weight is 243 g/mol. The lowest BCUT2D eigenvalue weighted by atomic mass is 10.2. The van der Waals surface area contributed by atoms with Crippen LogP contribution in [-0.4, -0.2) is 45.0 Å². The zero-order valence-corrected chi connectivity index (χ0v) is 9.58. The summed E-state index contributed by atoms with van der Waals surface area (Å²) in [7, 11) is 0. The third kappa shape index (κ3) is 3.58. The number of carboxylic acids is 1. The van der Waals surface area contributed by atoms with Gasteiger partial charge in [-0.1, -0.05) is 0 Å². The monoisotopic (exact) mass is 243 g/mol. The van der Waals surface area contributed by atoms with Crippen molar-refractivity contribution >= 4 is 23.6 Å². The summed E-state index contributed by atoms with van der Waals surface area (Å²) < 4.78 is 0. The Balaban J connectivity index is 2.54. The highest BCUT2D eigenvalue weighted by Crippen LogP contribution is 2.02. The number of carboxylic acid groups (broad SMARTS) is 1. The molecule has 1 atom stereocenters. The highest BCUT2D eigenvalue weighted by Gasteiger charge is 2.20. The van der Waals surface area contributed by atoms with Gasteiger partial charge in [-0.3, -0.25) is 4.79 Å². The van der Waals surface area contributed by atoms with E-state index in [1.54, 1.807) is 0 Å². The minimum Gasteiger partial charge on any atom is -0.480 e. The first kappa shape index (κ1) is 12.6. The fraction of sp³-hybridized carbons (Fsp3) is 0.444. The molecule has 3 N–H and O–H groups in total. The zero-order valence-electron chi connectivity index (χ0n) is 8.77.